The van der Waals surface area contributed by atoms with E-state index in [2.05, 4.69) is 25.3 Å². The van der Waals surface area contributed by atoms with Gasteiger partial charge in [0.2, 0.25) is 11.8 Å². The number of para-hydroxylation sites is 1. The maximum absolute atomic E-state index is 12.2. The molecule has 10 heteroatoms. The highest BCUT2D eigenvalue weighted by Gasteiger charge is 2.10. The zero-order valence-electron chi connectivity index (χ0n) is 16.8. The summed E-state index contributed by atoms with van der Waals surface area (Å²) in [5, 5.41) is 13.7. The molecule has 0 bridgehead atoms. The van der Waals surface area contributed by atoms with Crippen LogP contribution in [-0.4, -0.2) is 36.6 Å². The van der Waals surface area contributed by atoms with E-state index in [4.69, 9.17) is 9.47 Å². The number of aromatic nitrogens is 6. The van der Waals surface area contributed by atoms with Crippen molar-refractivity contribution in [3.63, 3.8) is 0 Å². The minimum absolute atomic E-state index is 0.118. The van der Waals surface area contributed by atoms with E-state index in [1.54, 1.807) is 24.3 Å². The lowest BCUT2D eigenvalue weighted by Gasteiger charge is -2.08. The van der Waals surface area contributed by atoms with Gasteiger partial charge in [-0.2, -0.15) is 9.67 Å². The molecule has 0 radical (unpaired) electrons. The van der Waals surface area contributed by atoms with Crippen molar-refractivity contribution in [1.82, 2.24) is 29.9 Å². The van der Waals surface area contributed by atoms with Crippen LogP contribution in [0, 0.1) is 6.92 Å². The fourth-order valence-corrected chi connectivity index (χ4v) is 3.39. The third kappa shape index (κ3) is 5.23. The van der Waals surface area contributed by atoms with Crippen LogP contribution in [0.15, 0.2) is 75.5 Å². The molecular weight excluding hydrogens is 416 g/mol. The smallest absolute Gasteiger partial charge is 0.324 e. The number of aryl methyl sites for hydroxylation is 1. The number of nitrogens with zero attached hydrogens (tertiary/aromatic N) is 6. The molecule has 0 fully saturated rings. The summed E-state index contributed by atoms with van der Waals surface area (Å²) in [4.78, 5) is 20.9. The second-order valence-corrected chi connectivity index (χ2v) is 7.27. The molecule has 0 spiro atoms. The maximum atomic E-state index is 12.2. The minimum Gasteiger partial charge on any atom is -0.477 e. The van der Waals surface area contributed by atoms with Gasteiger partial charge in [-0.15, -0.1) is 15.3 Å². The van der Waals surface area contributed by atoms with Gasteiger partial charge in [0, 0.05) is 23.9 Å². The van der Waals surface area contributed by atoms with E-state index >= 15 is 0 Å². The zero-order valence-corrected chi connectivity index (χ0v) is 17.6. The lowest BCUT2D eigenvalue weighted by Crippen LogP contribution is -2.20. The van der Waals surface area contributed by atoms with Gasteiger partial charge in [-0.3, -0.25) is 4.79 Å². The van der Waals surface area contributed by atoms with Gasteiger partial charge < -0.3 is 9.47 Å². The number of benzene rings is 1. The van der Waals surface area contributed by atoms with Crippen molar-refractivity contribution in [2.24, 2.45) is 0 Å². The molecule has 31 heavy (non-hydrogen) atoms. The zero-order chi connectivity index (χ0) is 21.6. The van der Waals surface area contributed by atoms with Crippen LogP contribution in [0.4, 0.5) is 0 Å². The predicted octanol–water partition coefficient (Wildman–Crippen LogP) is 3.46. The van der Waals surface area contributed by atoms with Gasteiger partial charge in [-0.05, 0) is 49.9 Å². The van der Waals surface area contributed by atoms with Crippen molar-refractivity contribution < 1.29 is 9.47 Å². The van der Waals surface area contributed by atoms with E-state index < -0.39 is 0 Å². The Bertz CT molecular complexity index is 1230. The molecule has 0 unspecified atom stereocenters. The molecule has 1 aromatic carbocycles. The molecule has 0 aliphatic heterocycles. The maximum Gasteiger partial charge on any atom is 0.324 e. The summed E-state index contributed by atoms with van der Waals surface area (Å²) < 4.78 is 12.3. The Labute approximate surface area is 182 Å². The molecule has 0 atom stereocenters. The van der Waals surface area contributed by atoms with Crippen molar-refractivity contribution in [1.29, 1.82) is 0 Å². The topological polar surface area (TPSA) is 105 Å². The van der Waals surface area contributed by atoms with Crippen LogP contribution in [-0.2, 0) is 0 Å². The van der Waals surface area contributed by atoms with E-state index in [-0.39, 0.29) is 17.4 Å². The second kappa shape index (κ2) is 9.35. The molecule has 0 saturated carbocycles. The van der Waals surface area contributed by atoms with Crippen molar-refractivity contribution in [3.05, 3.63) is 76.7 Å². The van der Waals surface area contributed by atoms with Crippen LogP contribution < -0.4 is 15.0 Å². The van der Waals surface area contributed by atoms with Gasteiger partial charge in [0.25, 0.3) is 5.56 Å². The molecule has 9 nitrogen and oxygen atoms in total. The number of ether oxygens (including phenoxy) is 2. The van der Waals surface area contributed by atoms with Crippen LogP contribution in [0.2, 0.25) is 0 Å². The van der Waals surface area contributed by atoms with Crippen LogP contribution in [0.5, 0.6) is 17.8 Å². The van der Waals surface area contributed by atoms with Crippen molar-refractivity contribution in [2.45, 2.75) is 23.9 Å². The highest BCUT2D eigenvalue weighted by Crippen LogP contribution is 2.27. The molecule has 4 aromatic rings. The molecule has 3 heterocycles. The number of rotatable bonds is 7. The Kier molecular flexibility index (Phi) is 6.18. The Morgan fingerprint density at radius 2 is 1.74 bits per heavy atom. The fraction of sp³-hybridized carbons (Fsp3) is 0.143. The third-order valence-electron chi connectivity index (χ3n) is 3.90. The second-order valence-electron chi connectivity index (χ2n) is 6.23. The lowest BCUT2D eigenvalue weighted by molar-refractivity contribution is 0.321. The minimum atomic E-state index is -0.269. The van der Waals surface area contributed by atoms with E-state index in [0.717, 1.165) is 0 Å². The average Bonchev–Trinajstić information content (AvgIpc) is 2.77. The summed E-state index contributed by atoms with van der Waals surface area (Å²) in [6, 6.07) is 17.4. The summed E-state index contributed by atoms with van der Waals surface area (Å²) in [5.41, 5.74) is 1.07. The predicted molar refractivity (Wildman–Crippen MR) is 114 cm³/mol. The summed E-state index contributed by atoms with van der Waals surface area (Å²) in [5.74, 6) is 0.667. The number of hydrogen-bond acceptors (Lipinski definition) is 9. The molecule has 156 valence electrons. The Balaban J connectivity index is 1.56. The Morgan fingerprint density at radius 3 is 2.48 bits per heavy atom. The summed E-state index contributed by atoms with van der Waals surface area (Å²) >= 11 is 1.32. The molecule has 0 aliphatic carbocycles. The van der Waals surface area contributed by atoms with Gasteiger partial charge in [0.15, 0.2) is 0 Å². The van der Waals surface area contributed by atoms with Crippen LogP contribution in [0.1, 0.15) is 12.6 Å². The van der Waals surface area contributed by atoms with E-state index in [9.17, 15) is 4.79 Å². The first kappa shape index (κ1) is 20.5. The van der Waals surface area contributed by atoms with Gasteiger partial charge >= 0.3 is 6.01 Å². The van der Waals surface area contributed by atoms with Gasteiger partial charge in [-0.25, -0.2) is 4.98 Å². The Morgan fingerprint density at radius 1 is 0.935 bits per heavy atom. The van der Waals surface area contributed by atoms with Crippen molar-refractivity contribution >= 4 is 11.8 Å². The molecule has 0 saturated heterocycles. The molecule has 0 amide bonds. The normalized spacial score (nSPS) is 10.6. The summed E-state index contributed by atoms with van der Waals surface area (Å²) in [7, 11) is 0. The Hall–Kier alpha value is -3.79. The van der Waals surface area contributed by atoms with Crippen LogP contribution in [0.25, 0.3) is 5.69 Å². The van der Waals surface area contributed by atoms with Gasteiger partial charge in [0.1, 0.15) is 10.1 Å². The lowest BCUT2D eigenvalue weighted by atomic mass is 10.3. The largest absolute Gasteiger partial charge is 0.477 e. The first-order chi connectivity index (χ1) is 15.1. The SMILES string of the molecule is CCOc1ccc(Sc2cc(C)nc(Oc3ccc(=O)n(-c4ccccc4)n3)n2)nn1. The number of hydrogen-bond donors (Lipinski definition) is 0. The van der Waals surface area contributed by atoms with Crippen LogP contribution >= 0.6 is 11.8 Å². The van der Waals surface area contributed by atoms with Crippen molar-refractivity contribution in [2.75, 3.05) is 6.61 Å². The molecular formula is C21H18N6O3S. The highest BCUT2D eigenvalue weighted by atomic mass is 32.2. The first-order valence-electron chi connectivity index (χ1n) is 9.44. The summed E-state index contributed by atoms with van der Waals surface area (Å²) in [6.07, 6.45) is 0. The van der Waals surface area contributed by atoms with E-state index in [1.165, 1.54) is 28.6 Å². The average molecular weight is 434 g/mol. The standard InChI is InChI=1S/C21H18N6O3S/c1-3-29-16-9-11-18(25-24-16)31-19-13-14(2)22-21(23-19)30-17-10-12-20(28)27(26-17)15-7-5-4-6-8-15/h4-13H,3H2,1-2H3. The third-order valence-corrected chi connectivity index (χ3v) is 4.74. The summed E-state index contributed by atoms with van der Waals surface area (Å²) in [6.45, 7) is 4.25. The van der Waals surface area contributed by atoms with E-state index in [0.29, 0.717) is 33.9 Å². The van der Waals surface area contributed by atoms with Crippen LogP contribution in [0.3, 0.4) is 0 Å². The quantitative estimate of drug-likeness (QED) is 0.404. The van der Waals surface area contributed by atoms with Crippen molar-refractivity contribution in [3.8, 4) is 23.5 Å². The highest BCUT2D eigenvalue weighted by molar-refractivity contribution is 7.99. The first-order valence-corrected chi connectivity index (χ1v) is 10.3. The monoisotopic (exact) mass is 434 g/mol. The van der Waals surface area contributed by atoms with Gasteiger partial charge in [-0.1, -0.05) is 18.2 Å². The van der Waals surface area contributed by atoms with Gasteiger partial charge in [0.05, 0.1) is 12.3 Å². The van der Waals surface area contributed by atoms with E-state index in [1.807, 2.05) is 38.1 Å². The molecule has 4 rings (SSSR count). The molecule has 0 aliphatic rings. The fourth-order valence-electron chi connectivity index (χ4n) is 2.60. The molecule has 0 N–H and O–H groups in total. The molecule has 3 aromatic heterocycles.